The van der Waals surface area contributed by atoms with Gasteiger partial charge in [-0.1, -0.05) is 6.07 Å². The Hall–Kier alpha value is -0.710. The maximum atomic E-state index is 12.0. The molecule has 1 unspecified atom stereocenters. The van der Waals surface area contributed by atoms with Crippen LogP contribution in [0.2, 0.25) is 0 Å². The topological polar surface area (TPSA) is 118 Å². The van der Waals surface area contributed by atoms with Gasteiger partial charge in [0.15, 0.2) is 0 Å². The Labute approximate surface area is 125 Å². The van der Waals surface area contributed by atoms with Crippen LogP contribution in [0.15, 0.2) is 34.1 Å². The minimum atomic E-state index is -3.93. The van der Waals surface area contributed by atoms with Gasteiger partial charge in [-0.3, -0.25) is 0 Å². The Morgan fingerprint density at radius 2 is 1.75 bits per heavy atom. The first kappa shape index (κ1) is 19.3. The van der Waals surface area contributed by atoms with Crippen molar-refractivity contribution in [2.24, 2.45) is 5.14 Å². The third kappa shape index (κ3) is 5.35. The minimum Gasteiger partial charge on any atom is -0.316 e. The standard InChI is InChI=1S/C10H17N3O4S2.ClH/c1-8(12-2)7-13-19(16,17)10-5-3-4-9(6-10)18(11,14)15;/h3-6,8,12-13H,7H2,1-2H3,(H2,11,14,15);1H. The molecule has 0 amide bonds. The Kier molecular flexibility index (Phi) is 7.08. The number of primary sulfonamides is 1. The summed E-state index contributed by atoms with van der Waals surface area (Å²) in [5, 5.41) is 7.84. The molecule has 20 heavy (non-hydrogen) atoms. The first-order valence-electron chi connectivity index (χ1n) is 5.46. The molecule has 0 fully saturated rings. The van der Waals surface area contributed by atoms with Crippen molar-refractivity contribution in [1.29, 1.82) is 0 Å². The second-order valence-corrected chi connectivity index (χ2v) is 7.39. The summed E-state index contributed by atoms with van der Waals surface area (Å²) in [5.41, 5.74) is 0. The van der Waals surface area contributed by atoms with Gasteiger partial charge in [-0.25, -0.2) is 26.7 Å². The fourth-order valence-electron chi connectivity index (χ4n) is 1.24. The molecule has 0 bridgehead atoms. The molecule has 0 aliphatic heterocycles. The van der Waals surface area contributed by atoms with E-state index in [2.05, 4.69) is 10.0 Å². The molecule has 0 radical (unpaired) electrons. The largest absolute Gasteiger partial charge is 0.316 e. The van der Waals surface area contributed by atoms with Crippen molar-refractivity contribution in [1.82, 2.24) is 10.0 Å². The lowest BCUT2D eigenvalue weighted by Crippen LogP contribution is -2.37. The first-order valence-corrected chi connectivity index (χ1v) is 8.49. The van der Waals surface area contributed by atoms with Gasteiger partial charge in [0.2, 0.25) is 20.0 Å². The lowest BCUT2D eigenvalue weighted by Gasteiger charge is -2.12. The van der Waals surface area contributed by atoms with Crippen molar-refractivity contribution >= 4 is 32.5 Å². The fraction of sp³-hybridized carbons (Fsp3) is 0.400. The first-order chi connectivity index (χ1) is 8.66. The molecule has 1 atom stereocenters. The molecular weight excluding hydrogens is 326 g/mol. The van der Waals surface area contributed by atoms with Crippen LogP contribution < -0.4 is 15.2 Å². The fourth-order valence-corrected chi connectivity index (χ4v) is 3.05. The van der Waals surface area contributed by atoms with E-state index in [0.29, 0.717) is 0 Å². The quantitative estimate of drug-likeness (QED) is 0.652. The van der Waals surface area contributed by atoms with Crippen LogP contribution in [0.4, 0.5) is 0 Å². The van der Waals surface area contributed by atoms with E-state index in [9.17, 15) is 16.8 Å². The van der Waals surface area contributed by atoms with Crippen molar-refractivity contribution < 1.29 is 16.8 Å². The second-order valence-electron chi connectivity index (χ2n) is 4.06. The van der Waals surface area contributed by atoms with Gasteiger partial charge in [-0.05, 0) is 32.2 Å². The Balaban J connectivity index is 0.00000361. The van der Waals surface area contributed by atoms with Crippen LogP contribution >= 0.6 is 12.4 Å². The second kappa shape index (κ2) is 7.34. The molecule has 0 aliphatic carbocycles. The smallest absolute Gasteiger partial charge is 0.240 e. The Morgan fingerprint density at radius 3 is 2.25 bits per heavy atom. The number of hydrogen-bond donors (Lipinski definition) is 3. The van der Waals surface area contributed by atoms with E-state index < -0.39 is 20.0 Å². The third-order valence-corrected chi connectivity index (χ3v) is 4.85. The van der Waals surface area contributed by atoms with Crippen LogP contribution in [0.1, 0.15) is 6.92 Å². The summed E-state index contributed by atoms with van der Waals surface area (Å²) in [6.45, 7) is 2.00. The molecule has 0 aliphatic rings. The highest BCUT2D eigenvalue weighted by atomic mass is 35.5. The number of sulfonamides is 2. The number of rotatable bonds is 6. The maximum absolute atomic E-state index is 12.0. The highest BCUT2D eigenvalue weighted by molar-refractivity contribution is 7.90. The maximum Gasteiger partial charge on any atom is 0.240 e. The highest BCUT2D eigenvalue weighted by Crippen LogP contribution is 2.14. The van der Waals surface area contributed by atoms with E-state index in [0.717, 1.165) is 6.07 Å². The molecule has 4 N–H and O–H groups in total. The summed E-state index contributed by atoms with van der Waals surface area (Å²) in [6, 6.07) is 4.86. The predicted octanol–water partition coefficient (Wildman–Crippen LogP) is -0.358. The summed E-state index contributed by atoms with van der Waals surface area (Å²) in [6.07, 6.45) is 0. The number of likely N-dealkylation sites (N-methyl/N-ethyl adjacent to an activating group) is 1. The zero-order valence-electron chi connectivity index (χ0n) is 11.0. The molecule has 0 spiro atoms. The van der Waals surface area contributed by atoms with E-state index >= 15 is 0 Å². The van der Waals surface area contributed by atoms with Gasteiger partial charge < -0.3 is 5.32 Å². The van der Waals surface area contributed by atoms with E-state index in [1.807, 2.05) is 6.92 Å². The monoisotopic (exact) mass is 343 g/mol. The Bertz CT molecular complexity index is 646. The van der Waals surface area contributed by atoms with E-state index in [4.69, 9.17) is 5.14 Å². The van der Waals surface area contributed by atoms with Crippen LogP contribution in [0.3, 0.4) is 0 Å². The molecule has 1 aromatic rings. The van der Waals surface area contributed by atoms with Crippen molar-refractivity contribution in [3.05, 3.63) is 24.3 Å². The van der Waals surface area contributed by atoms with Crippen LogP contribution in [-0.2, 0) is 20.0 Å². The summed E-state index contributed by atoms with van der Waals surface area (Å²) < 4.78 is 48.6. The average molecular weight is 344 g/mol. The summed E-state index contributed by atoms with van der Waals surface area (Å²) in [4.78, 5) is -0.376. The van der Waals surface area contributed by atoms with Crippen molar-refractivity contribution in [3.63, 3.8) is 0 Å². The van der Waals surface area contributed by atoms with Crippen molar-refractivity contribution in [2.45, 2.75) is 22.8 Å². The zero-order valence-corrected chi connectivity index (χ0v) is 13.5. The zero-order chi connectivity index (χ0) is 14.7. The van der Waals surface area contributed by atoms with E-state index in [1.165, 1.54) is 18.2 Å². The van der Waals surface area contributed by atoms with E-state index in [-0.39, 0.29) is 34.8 Å². The SMILES string of the molecule is CNC(C)CNS(=O)(=O)c1cccc(S(N)(=O)=O)c1.Cl. The minimum absolute atomic E-state index is 0. The molecule has 1 rings (SSSR count). The van der Waals surface area contributed by atoms with Gasteiger partial charge in [-0.15, -0.1) is 12.4 Å². The van der Waals surface area contributed by atoms with Crippen molar-refractivity contribution in [2.75, 3.05) is 13.6 Å². The van der Waals surface area contributed by atoms with Gasteiger partial charge in [0.05, 0.1) is 9.79 Å². The lowest BCUT2D eigenvalue weighted by atomic mass is 10.4. The molecular formula is C10H18ClN3O4S2. The number of hydrogen-bond acceptors (Lipinski definition) is 5. The average Bonchev–Trinajstić information content (AvgIpc) is 2.35. The number of benzene rings is 1. The van der Waals surface area contributed by atoms with Gasteiger partial charge in [0.25, 0.3) is 0 Å². The molecule has 0 aromatic heterocycles. The lowest BCUT2D eigenvalue weighted by molar-refractivity contribution is 0.554. The van der Waals surface area contributed by atoms with Crippen LogP contribution in [0.25, 0.3) is 0 Å². The number of nitrogens with two attached hydrogens (primary N) is 1. The van der Waals surface area contributed by atoms with Crippen LogP contribution in [-0.4, -0.2) is 36.5 Å². The molecule has 116 valence electrons. The third-order valence-electron chi connectivity index (χ3n) is 2.52. The molecule has 0 heterocycles. The summed E-state index contributed by atoms with van der Waals surface area (Å²) in [7, 11) is -5.98. The molecule has 0 saturated carbocycles. The number of halogens is 1. The number of nitrogens with one attached hydrogen (secondary N) is 2. The van der Waals surface area contributed by atoms with Crippen LogP contribution in [0, 0.1) is 0 Å². The molecule has 7 nitrogen and oxygen atoms in total. The molecule has 10 heteroatoms. The van der Waals surface area contributed by atoms with E-state index in [1.54, 1.807) is 7.05 Å². The molecule has 1 aromatic carbocycles. The van der Waals surface area contributed by atoms with Crippen LogP contribution in [0.5, 0.6) is 0 Å². The summed E-state index contributed by atoms with van der Waals surface area (Å²) >= 11 is 0. The van der Waals surface area contributed by atoms with Crippen molar-refractivity contribution in [3.8, 4) is 0 Å². The van der Waals surface area contributed by atoms with Gasteiger partial charge in [0, 0.05) is 12.6 Å². The summed E-state index contributed by atoms with van der Waals surface area (Å²) in [5.74, 6) is 0. The Morgan fingerprint density at radius 1 is 1.20 bits per heavy atom. The highest BCUT2D eigenvalue weighted by Gasteiger charge is 2.17. The predicted molar refractivity (Wildman–Crippen MR) is 78.8 cm³/mol. The van der Waals surface area contributed by atoms with Gasteiger partial charge in [-0.2, -0.15) is 0 Å². The normalized spacial score (nSPS) is 13.6. The van der Waals surface area contributed by atoms with Gasteiger partial charge in [0.1, 0.15) is 0 Å². The van der Waals surface area contributed by atoms with Gasteiger partial charge >= 0.3 is 0 Å². The molecule has 0 saturated heterocycles.